The largest absolute Gasteiger partial charge is 0.394 e. The minimum absolute atomic E-state index is 0.0147. The fourth-order valence-corrected chi connectivity index (χ4v) is 2.69. The Morgan fingerprint density at radius 3 is 2.47 bits per heavy atom. The summed E-state index contributed by atoms with van der Waals surface area (Å²) in [5.74, 6) is 0. The van der Waals surface area contributed by atoms with E-state index in [1.807, 2.05) is 14.1 Å². The zero-order valence-corrected chi connectivity index (χ0v) is 11.6. The van der Waals surface area contributed by atoms with Crippen molar-refractivity contribution in [3.63, 3.8) is 0 Å². The summed E-state index contributed by atoms with van der Waals surface area (Å²) in [7, 11) is 4.08. The number of rotatable bonds is 4. The molecule has 2 atom stereocenters. The molecule has 1 aliphatic carbocycles. The summed E-state index contributed by atoms with van der Waals surface area (Å²) in [6, 6.07) is 9.16. The van der Waals surface area contributed by atoms with E-state index in [-0.39, 0.29) is 18.9 Å². The third-order valence-corrected chi connectivity index (χ3v) is 3.95. The normalized spacial score (nSPS) is 27.7. The highest BCUT2D eigenvalue weighted by Gasteiger charge is 2.41. The first kappa shape index (κ1) is 12.9. The number of ether oxygens (including phenoxy) is 1. The van der Waals surface area contributed by atoms with Gasteiger partial charge in [0.15, 0.2) is 0 Å². The minimum Gasteiger partial charge on any atom is -0.394 e. The predicted octanol–water partition coefficient (Wildman–Crippen LogP) is 1.61. The molecule has 2 fully saturated rings. The van der Waals surface area contributed by atoms with Crippen LogP contribution in [0, 0.1) is 0 Å². The Kier molecular flexibility index (Phi) is 3.48. The Hall–Kier alpha value is -1.10. The van der Waals surface area contributed by atoms with Gasteiger partial charge in [0.2, 0.25) is 0 Å². The van der Waals surface area contributed by atoms with E-state index in [0.717, 1.165) is 6.54 Å². The van der Waals surface area contributed by atoms with E-state index in [0.29, 0.717) is 6.04 Å². The maximum atomic E-state index is 9.31. The standard InChI is InChI=1S/C15H22N2O2/c1-16(2)12-5-3-11(4-6-12)15-17(13-7-8-13)9-14(10-18)19-15/h3-6,13-15,18H,7-10H2,1-2H3. The zero-order valence-electron chi connectivity index (χ0n) is 11.6. The smallest absolute Gasteiger partial charge is 0.137 e. The highest BCUT2D eigenvalue weighted by molar-refractivity contribution is 5.46. The predicted molar refractivity (Wildman–Crippen MR) is 75.2 cm³/mol. The molecule has 2 aliphatic rings. The summed E-state index contributed by atoms with van der Waals surface area (Å²) in [6.07, 6.45) is 2.49. The molecule has 4 heteroatoms. The first-order valence-electron chi connectivity index (χ1n) is 6.98. The first-order chi connectivity index (χ1) is 9.19. The van der Waals surface area contributed by atoms with Crippen LogP contribution >= 0.6 is 0 Å². The van der Waals surface area contributed by atoms with Gasteiger partial charge in [0.1, 0.15) is 6.23 Å². The summed E-state index contributed by atoms with van der Waals surface area (Å²) in [5, 5.41) is 9.31. The number of anilines is 1. The molecule has 0 aromatic heterocycles. The summed E-state index contributed by atoms with van der Waals surface area (Å²) in [4.78, 5) is 4.49. The Bertz CT molecular complexity index is 428. The highest BCUT2D eigenvalue weighted by atomic mass is 16.5. The Labute approximate surface area is 114 Å². The summed E-state index contributed by atoms with van der Waals surface area (Å²) in [5.41, 5.74) is 2.38. The quantitative estimate of drug-likeness (QED) is 0.894. The fourth-order valence-electron chi connectivity index (χ4n) is 2.69. The van der Waals surface area contributed by atoms with Gasteiger partial charge in [-0.3, -0.25) is 4.90 Å². The molecular formula is C15H22N2O2. The molecule has 1 aromatic carbocycles. The number of nitrogens with zero attached hydrogens (tertiary/aromatic N) is 2. The molecule has 1 N–H and O–H groups in total. The maximum absolute atomic E-state index is 9.31. The van der Waals surface area contributed by atoms with Gasteiger partial charge in [-0.05, 0) is 30.5 Å². The van der Waals surface area contributed by atoms with Gasteiger partial charge < -0.3 is 14.7 Å². The van der Waals surface area contributed by atoms with Gasteiger partial charge in [-0.15, -0.1) is 0 Å². The van der Waals surface area contributed by atoms with Gasteiger partial charge in [-0.25, -0.2) is 0 Å². The zero-order chi connectivity index (χ0) is 13.4. The van der Waals surface area contributed by atoms with Crippen LogP contribution in [0.25, 0.3) is 0 Å². The van der Waals surface area contributed by atoms with E-state index >= 15 is 0 Å². The fraction of sp³-hybridized carbons (Fsp3) is 0.600. The van der Waals surface area contributed by atoms with E-state index in [1.165, 1.54) is 24.1 Å². The second-order valence-electron chi connectivity index (χ2n) is 5.71. The van der Waals surface area contributed by atoms with Crippen molar-refractivity contribution >= 4 is 5.69 Å². The second-order valence-corrected chi connectivity index (χ2v) is 5.71. The van der Waals surface area contributed by atoms with E-state index in [9.17, 15) is 5.11 Å². The number of aliphatic hydroxyl groups is 1. The molecule has 0 amide bonds. The molecule has 0 bridgehead atoms. The van der Waals surface area contributed by atoms with Crippen LogP contribution in [-0.2, 0) is 4.74 Å². The van der Waals surface area contributed by atoms with Crippen LogP contribution in [0.2, 0.25) is 0 Å². The van der Waals surface area contributed by atoms with Crippen LogP contribution in [0.4, 0.5) is 5.69 Å². The van der Waals surface area contributed by atoms with Crippen molar-refractivity contribution in [2.75, 3.05) is 32.1 Å². The van der Waals surface area contributed by atoms with Crippen LogP contribution < -0.4 is 4.90 Å². The van der Waals surface area contributed by atoms with Gasteiger partial charge in [0, 0.05) is 32.4 Å². The molecule has 104 valence electrons. The third kappa shape index (κ3) is 2.61. The van der Waals surface area contributed by atoms with Crippen LogP contribution in [0.1, 0.15) is 24.6 Å². The first-order valence-corrected chi connectivity index (χ1v) is 6.98. The Morgan fingerprint density at radius 2 is 1.95 bits per heavy atom. The summed E-state index contributed by atoms with van der Waals surface area (Å²) >= 11 is 0. The molecule has 1 saturated carbocycles. The molecule has 1 saturated heterocycles. The molecule has 1 heterocycles. The molecule has 0 spiro atoms. The van der Waals surface area contributed by atoms with Crippen molar-refractivity contribution in [1.29, 1.82) is 0 Å². The van der Waals surface area contributed by atoms with Crippen molar-refractivity contribution < 1.29 is 9.84 Å². The van der Waals surface area contributed by atoms with Crippen molar-refractivity contribution in [3.05, 3.63) is 29.8 Å². The van der Waals surface area contributed by atoms with E-state index in [2.05, 4.69) is 34.1 Å². The number of aliphatic hydroxyl groups excluding tert-OH is 1. The lowest BCUT2D eigenvalue weighted by molar-refractivity contribution is -0.0216. The summed E-state index contributed by atoms with van der Waals surface area (Å²) < 4.78 is 5.97. The monoisotopic (exact) mass is 262 g/mol. The maximum Gasteiger partial charge on any atom is 0.137 e. The summed E-state index contributed by atoms with van der Waals surface area (Å²) in [6.45, 7) is 0.955. The van der Waals surface area contributed by atoms with E-state index in [1.54, 1.807) is 0 Å². The lowest BCUT2D eigenvalue weighted by Gasteiger charge is -2.23. The molecule has 19 heavy (non-hydrogen) atoms. The van der Waals surface area contributed by atoms with Gasteiger partial charge in [0.05, 0.1) is 12.7 Å². The third-order valence-electron chi connectivity index (χ3n) is 3.95. The molecule has 4 nitrogen and oxygen atoms in total. The molecule has 1 aromatic rings. The van der Waals surface area contributed by atoms with Crippen molar-refractivity contribution in [3.8, 4) is 0 Å². The van der Waals surface area contributed by atoms with Gasteiger partial charge in [-0.2, -0.15) is 0 Å². The van der Waals surface area contributed by atoms with Crippen molar-refractivity contribution in [2.24, 2.45) is 0 Å². The lowest BCUT2D eigenvalue weighted by Crippen LogP contribution is -2.27. The van der Waals surface area contributed by atoms with Gasteiger partial charge >= 0.3 is 0 Å². The molecular weight excluding hydrogens is 240 g/mol. The molecule has 1 aliphatic heterocycles. The average Bonchev–Trinajstić information content (AvgIpc) is 3.18. The van der Waals surface area contributed by atoms with Crippen molar-refractivity contribution in [2.45, 2.75) is 31.2 Å². The molecule has 3 rings (SSSR count). The molecule has 2 unspecified atom stereocenters. The van der Waals surface area contributed by atoms with Crippen molar-refractivity contribution in [1.82, 2.24) is 4.90 Å². The SMILES string of the molecule is CN(C)c1ccc(C2OC(CO)CN2C2CC2)cc1. The number of hydrogen-bond donors (Lipinski definition) is 1. The van der Waals surface area contributed by atoms with E-state index in [4.69, 9.17) is 4.74 Å². The Balaban J connectivity index is 1.79. The molecule has 0 radical (unpaired) electrons. The highest BCUT2D eigenvalue weighted by Crippen LogP contribution is 2.39. The van der Waals surface area contributed by atoms with Crippen LogP contribution in [0.5, 0.6) is 0 Å². The second kappa shape index (κ2) is 5.12. The van der Waals surface area contributed by atoms with Gasteiger partial charge in [0.25, 0.3) is 0 Å². The van der Waals surface area contributed by atoms with Crippen LogP contribution in [0.3, 0.4) is 0 Å². The topological polar surface area (TPSA) is 35.9 Å². The van der Waals surface area contributed by atoms with Crippen LogP contribution in [0.15, 0.2) is 24.3 Å². The van der Waals surface area contributed by atoms with E-state index < -0.39 is 0 Å². The number of benzene rings is 1. The average molecular weight is 262 g/mol. The Morgan fingerprint density at radius 1 is 1.26 bits per heavy atom. The lowest BCUT2D eigenvalue weighted by atomic mass is 10.1. The minimum atomic E-state index is -0.0425. The number of hydrogen-bond acceptors (Lipinski definition) is 4. The van der Waals surface area contributed by atoms with Crippen LogP contribution in [-0.4, -0.2) is 49.4 Å². The van der Waals surface area contributed by atoms with Gasteiger partial charge in [-0.1, -0.05) is 12.1 Å².